The smallest absolute Gasteiger partial charge is 0.282 e. The van der Waals surface area contributed by atoms with E-state index in [1.807, 2.05) is 0 Å². The summed E-state index contributed by atoms with van der Waals surface area (Å²) in [6.45, 7) is 3.85. The van der Waals surface area contributed by atoms with Crippen molar-refractivity contribution in [1.82, 2.24) is 14.7 Å². The van der Waals surface area contributed by atoms with Crippen LogP contribution < -0.4 is 5.56 Å². The quantitative estimate of drug-likeness (QED) is 0.825. The van der Waals surface area contributed by atoms with E-state index in [0.717, 1.165) is 19.6 Å². The van der Waals surface area contributed by atoms with Gasteiger partial charge >= 0.3 is 0 Å². The molecule has 17 heavy (non-hydrogen) atoms. The molecule has 0 aliphatic carbocycles. The molecular formula is C11H15Br2N3O. The van der Waals surface area contributed by atoms with Gasteiger partial charge in [0, 0.05) is 6.54 Å². The van der Waals surface area contributed by atoms with Crippen LogP contribution in [0, 0.1) is 0 Å². The summed E-state index contributed by atoms with van der Waals surface area (Å²) in [7, 11) is 0. The molecule has 0 radical (unpaired) electrons. The van der Waals surface area contributed by atoms with Crippen molar-refractivity contribution in [3.05, 3.63) is 25.5 Å². The maximum Gasteiger partial charge on any atom is 0.282 e. The van der Waals surface area contributed by atoms with Gasteiger partial charge < -0.3 is 4.90 Å². The summed E-state index contributed by atoms with van der Waals surface area (Å²) < 4.78 is 2.77. The minimum Gasteiger partial charge on any atom is -0.301 e. The largest absolute Gasteiger partial charge is 0.301 e. The number of nitrogens with zero attached hydrogens (tertiary/aromatic N) is 3. The zero-order chi connectivity index (χ0) is 12.3. The average molecular weight is 365 g/mol. The monoisotopic (exact) mass is 363 g/mol. The Labute approximate surface area is 117 Å². The predicted octanol–water partition coefficient (Wildman–Crippen LogP) is 2.25. The van der Waals surface area contributed by atoms with Crippen LogP contribution in [-0.2, 0) is 6.54 Å². The Balaban J connectivity index is 1.99. The van der Waals surface area contributed by atoms with Crippen molar-refractivity contribution in [1.29, 1.82) is 0 Å². The zero-order valence-corrected chi connectivity index (χ0v) is 12.7. The summed E-state index contributed by atoms with van der Waals surface area (Å²) >= 11 is 6.54. The van der Waals surface area contributed by atoms with E-state index in [1.165, 1.54) is 23.9 Å². The van der Waals surface area contributed by atoms with Crippen molar-refractivity contribution in [2.75, 3.05) is 19.6 Å². The van der Waals surface area contributed by atoms with E-state index in [1.54, 1.807) is 6.20 Å². The van der Waals surface area contributed by atoms with Gasteiger partial charge in [-0.1, -0.05) is 6.42 Å². The van der Waals surface area contributed by atoms with E-state index in [9.17, 15) is 4.79 Å². The lowest BCUT2D eigenvalue weighted by atomic mass is 10.1. The first-order valence-corrected chi connectivity index (χ1v) is 7.40. The second-order valence-electron chi connectivity index (χ2n) is 4.24. The van der Waals surface area contributed by atoms with Crippen molar-refractivity contribution < 1.29 is 0 Å². The Kier molecular flexibility index (Phi) is 4.76. The summed E-state index contributed by atoms with van der Waals surface area (Å²) in [5, 5.41) is 4.12. The summed E-state index contributed by atoms with van der Waals surface area (Å²) in [5.74, 6) is 0. The van der Waals surface area contributed by atoms with Gasteiger partial charge in [-0.3, -0.25) is 4.79 Å². The van der Waals surface area contributed by atoms with Crippen LogP contribution in [0.4, 0.5) is 0 Å². The number of halogens is 2. The standard InChI is InChI=1S/C11H15Br2N3O/c12-9-8-14-16(11(17)10(9)13)7-6-15-4-2-1-3-5-15/h8H,1-7H2. The third-order valence-electron chi connectivity index (χ3n) is 3.02. The first-order chi connectivity index (χ1) is 8.18. The molecule has 2 rings (SSSR count). The number of hydrogen-bond acceptors (Lipinski definition) is 3. The molecule has 1 aliphatic heterocycles. The fourth-order valence-electron chi connectivity index (χ4n) is 2.02. The topological polar surface area (TPSA) is 38.1 Å². The van der Waals surface area contributed by atoms with Crippen molar-refractivity contribution in [2.24, 2.45) is 0 Å². The Bertz CT molecular complexity index is 441. The van der Waals surface area contributed by atoms with Gasteiger partial charge in [0.2, 0.25) is 0 Å². The molecule has 0 spiro atoms. The van der Waals surface area contributed by atoms with E-state index < -0.39 is 0 Å². The molecule has 0 amide bonds. The molecule has 0 atom stereocenters. The van der Waals surface area contributed by atoms with Gasteiger partial charge in [-0.15, -0.1) is 0 Å². The van der Waals surface area contributed by atoms with Crippen LogP contribution in [0.15, 0.2) is 19.9 Å². The minimum atomic E-state index is -0.0728. The Morgan fingerprint density at radius 2 is 1.88 bits per heavy atom. The fourth-order valence-corrected chi connectivity index (χ4v) is 2.59. The van der Waals surface area contributed by atoms with Gasteiger partial charge in [-0.2, -0.15) is 5.10 Å². The summed E-state index contributed by atoms with van der Waals surface area (Å²) in [5.41, 5.74) is -0.0728. The van der Waals surface area contributed by atoms with Crippen LogP contribution in [0.5, 0.6) is 0 Å². The minimum absolute atomic E-state index is 0.0728. The lowest BCUT2D eigenvalue weighted by molar-refractivity contribution is 0.216. The van der Waals surface area contributed by atoms with Crippen LogP contribution in [-0.4, -0.2) is 34.3 Å². The first kappa shape index (κ1) is 13.2. The zero-order valence-electron chi connectivity index (χ0n) is 9.53. The molecule has 1 aliphatic rings. The number of piperidine rings is 1. The number of likely N-dealkylation sites (tertiary alicyclic amines) is 1. The Morgan fingerprint density at radius 3 is 2.59 bits per heavy atom. The second kappa shape index (κ2) is 6.11. The van der Waals surface area contributed by atoms with E-state index >= 15 is 0 Å². The SMILES string of the molecule is O=c1c(Br)c(Br)cnn1CCN1CCCCC1. The molecule has 1 aromatic rings. The fraction of sp³-hybridized carbons (Fsp3) is 0.636. The molecule has 6 heteroatoms. The molecular weight excluding hydrogens is 350 g/mol. The summed E-state index contributed by atoms with van der Waals surface area (Å²) in [4.78, 5) is 14.3. The highest BCUT2D eigenvalue weighted by Gasteiger charge is 2.11. The molecule has 0 unspecified atom stereocenters. The highest BCUT2D eigenvalue weighted by molar-refractivity contribution is 9.13. The average Bonchev–Trinajstić information content (AvgIpc) is 2.36. The molecule has 1 saturated heterocycles. The molecule has 1 fully saturated rings. The highest BCUT2D eigenvalue weighted by Crippen LogP contribution is 2.16. The highest BCUT2D eigenvalue weighted by atomic mass is 79.9. The Morgan fingerprint density at radius 1 is 1.18 bits per heavy atom. The molecule has 1 aromatic heterocycles. The second-order valence-corrected chi connectivity index (χ2v) is 5.88. The van der Waals surface area contributed by atoms with E-state index in [4.69, 9.17) is 0 Å². The van der Waals surface area contributed by atoms with Gasteiger partial charge in [-0.05, 0) is 57.8 Å². The first-order valence-electron chi connectivity index (χ1n) is 5.82. The lowest BCUT2D eigenvalue weighted by Crippen LogP contribution is -2.35. The van der Waals surface area contributed by atoms with E-state index in [-0.39, 0.29) is 5.56 Å². The van der Waals surface area contributed by atoms with Crippen molar-refractivity contribution >= 4 is 31.9 Å². The number of aromatic nitrogens is 2. The van der Waals surface area contributed by atoms with Crippen LogP contribution in [0.1, 0.15) is 19.3 Å². The van der Waals surface area contributed by atoms with Gasteiger partial charge in [-0.25, -0.2) is 4.68 Å². The van der Waals surface area contributed by atoms with Gasteiger partial charge in [0.05, 0.1) is 17.2 Å². The Hall–Kier alpha value is -0.200. The normalized spacial score (nSPS) is 17.3. The lowest BCUT2D eigenvalue weighted by Gasteiger charge is -2.26. The third kappa shape index (κ3) is 3.39. The van der Waals surface area contributed by atoms with Crippen LogP contribution in [0.25, 0.3) is 0 Å². The molecule has 94 valence electrons. The third-order valence-corrected chi connectivity index (χ3v) is 4.92. The van der Waals surface area contributed by atoms with Gasteiger partial charge in [0.1, 0.15) is 4.47 Å². The molecule has 0 N–H and O–H groups in total. The van der Waals surface area contributed by atoms with Crippen molar-refractivity contribution in [2.45, 2.75) is 25.8 Å². The van der Waals surface area contributed by atoms with E-state index in [2.05, 4.69) is 41.9 Å². The van der Waals surface area contributed by atoms with E-state index in [0.29, 0.717) is 15.5 Å². The van der Waals surface area contributed by atoms with Crippen LogP contribution >= 0.6 is 31.9 Å². The van der Waals surface area contributed by atoms with Crippen molar-refractivity contribution in [3.63, 3.8) is 0 Å². The maximum absolute atomic E-state index is 11.9. The van der Waals surface area contributed by atoms with Crippen LogP contribution in [0.2, 0.25) is 0 Å². The van der Waals surface area contributed by atoms with Crippen LogP contribution in [0.3, 0.4) is 0 Å². The molecule has 4 nitrogen and oxygen atoms in total. The van der Waals surface area contributed by atoms with Gasteiger partial charge in [0.25, 0.3) is 5.56 Å². The molecule has 0 bridgehead atoms. The molecule has 0 saturated carbocycles. The van der Waals surface area contributed by atoms with Crippen molar-refractivity contribution in [3.8, 4) is 0 Å². The number of rotatable bonds is 3. The molecule has 0 aromatic carbocycles. The maximum atomic E-state index is 11.9. The summed E-state index contributed by atoms with van der Waals surface area (Å²) in [6.07, 6.45) is 5.53. The predicted molar refractivity (Wildman–Crippen MR) is 74.2 cm³/mol. The number of hydrogen-bond donors (Lipinski definition) is 0. The molecule has 2 heterocycles. The van der Waals surface area contributed by atoms with Gasteiger partial charge in [0.15, 0.2) is 0 Å². The summed E-state index contributed by atoms with van der Waals surface area (Å²) in [6, 6.07) is 0.